The number of nitrogens with one attached hydrogen (secondary N) is 1. The van der Waals surface area contributed by atoms with Gasteiger partial charge in [0.05, 0.1) is 19.3 Å². The van der Waals surface area contributed by atoms with E-state index in [0.29, 0.717) is 12.5 Å². The molecular formula is C11H17N5O4. The Morgan fingerprint density at radius 2 is 2.35 bits per heavy atom. The quantitative estimate of drug-likeness (QED) is 0.789. The molecule has 20 heavy (non-hydrogen) atoms. The number of hydrogen-bond donors (Lipinski definition) is 2. The van der Waals surface area contributed by atoms with E-state index < -0.39 is 24.0 Å². The second kappa shape index (κ2) is 5.87. The summed E-state index contributed by atoms with van der Waals surface area (Å²) < 4.78 is 6.61. The summed E-state index contributed by atoms with van der Waals surface area (Å²) in [6.07, 6.45) is 1.32. The molecule has 1 aromatic rings. The van der Waals surface area contributed by atoms with Crippen molar-refractivity contribution in [3.63, 3.8) is 0 Å². The molecular weight excluding hydrogens is 266 g/mol. The number of nitrogens with zero attached hydrogens (tertiary/aromatic N) is 4. The zero-order valence-corrected chi connectivity index (χ0v) is 11.3. The van der Waals surface area contributed by atoms with Crippen LogP contribution in [0.1, 0.15) is 6.92 Å². The number of carboxylic acid groups (broad SMARTS) is 1. The van der Waals surface area contributed by atoms with E-state index in [-0.39, 0.29) is 13.2 Å². The predicted molar refractivity (Wildman–Crippen MR) is 68.1 cm³/mol. The van der Waals surface area contributed by atoms with Crippen molar-refractivity contribution in [2.45, 2.75) is 13.0 Å². The van der Waals surface area contributed by atoms with Crippen LogP contribution >= 0.6 is 0 Å². The SMILES string of the molecule is CCN(C(=O)Nc1ncnn1C)C1COCC1C(=O)O. The second-order valence-electron chi connectivity index (χ2n) is 4.47. The van der Waals surface area contributed by atoms with Gasteiger partial charge in [-0.15, -0.1) is 0 Å². The predicted octanol–water partition coefficient (Wildman–Crippen LogP) is -0.231. The molecule has 2 amide bonds. The molecule has 1 saturated heterocycles. The average molecular weight is 283 g/mol. The standard InChI is InChI=1S/C11H17N5O4/c1-3-16(8-5-20-4-7(8)9(17)18)11(19)14-10-12-6-13-15(10)2/h6-8H,3-5H2,1-2H3,(H,17,18)(H,12,13,14,19). The molecule has 2 rings (SSSR count). The summed E-state index contributed by atoms with van der Waals surface area (Å²) in [6, 6.07) is -0.893. The molecule has 9 heteroatoms. The van der Waals surface area contributed by atoms with Crippen molar-refractivity contribution >= 4 is 17.9 Å². The molecule has 2 N–H and O–H groups in total. The van der Waals surface area contributed by atoms with E-state index in [1.165, 1.54) is 15.9 Å². The summed E-state index contributed by atoms with van der Waals surface area (Å²) in [7, 11) is 1.65. The maximum atomic E-state index is 12.2. The summed E-state index contributed by atoms with van der Waals surface area (Å²) in [5, 5.41) is 15.6. The number of urea groups is 1. The summed E-state index contributed by atoms with van der Waals surface area (Å²) in [4.78, 5) is 28.7. The van der Waals surface area contributed by atoms with E-state index in [9.17, 15) is 9.59 Å². The Hall–Kier alpha value is -2.16. The lowest BCUT2D eigenvalue weighted by atomic mass is 10.0. The number of rotatable bonds is 4. The molecule has 1 aromatic heterocycles. The van der Waals surface area contributed by atoms with E-state index in [2.05, 4.69) is 15.4 Å². The van der Waals surface area contributed by atoms with Crippen LogP contribution in [-0.4, -0.2) is 62.6 Å². The van der Waals surface area contributed by atoms with Crippen LogP contribution in [0.3, 0.4) is 0 Å². The highest BCUT2D eigenvalue weighted by atomic mass is 16.5. The van der Waals surface area contributed by atoms with Gasteiger partial charge in [-0.2, -0.15) is 10.1 Å². The average Bonchev–Trinajstić information content (AvgIpc) is 3.01. The fourth-order valence-corrected chi connectivity index (χ4v) is 2.19. The van der Waals surface area contributed by atoms with Crippen LogP contribution in [-0.2, 0) is 16.6 Å². The van der Waals surface area contributed by atoms with Crippen LogP contribution in [0.25, 0.3) is 0 Å². The van der Waals surface area contributed by atoms with E-state index in [0.717, 1.165) is 0 Å². The maximum absolute atomic E-state index is 12.2. The van der Waals surface area contributed by atoms with E-state index in [4.69, 9.17) is 9.84 Å². The fourth-order valence-electron chi connectivity index (χ4n) is 2.19. The molecule has 2 unspecified atom stereocenters. The zero-order chi connectivity index (χ0) is 14.7. The number of anilines is 1. The number of carbonyl (C=O) groups excluding carboxylic acids is 1. The van der Waals surface area contributed by atoms with Crippen LogP contribution in [0, 0.1) is 5.92 Å². The third kappa shape index (κ3) is 2.72. The van der Waals surface area contributed by atoms with E-state index >= 15 is 0 Å². The normalized spacial score (nSPS) is 21.7. The number of hydrogen-bond acceptors (Lipinski definition) is 5. The lowest BCUT2D eigenvalue weighted by Gasteiger charge is -2.29. The van der Waals surface area contributed by atoms with Gasteiger partial charge in [0.25, 0.3) is 0 Å². The molecule has 110 valence electrons. The molecule has 2 heterocycles. The number of carboxylic acids is 1. The minimum absolute atomic E-state index is 0.119. The number of carbonyl (C=O) groups is 2. The highest BCUT2D eigenvalue weighted by molar-refractivity contribution is 5.88. The second-order valence-corrected chi connectivity index (χ2v) is 4.47. The van der Waals surface area contributed by atoms with Crippen LogP contribution in [0.15, 0.2) is 6.33 Å². The summed E-state index contributed by atoms with van der Waals surface area (Å²) >= 11 is 0. The van der Waals surface area contributed by atoms with E-state index in [1.807, 2.05) is 0 Å². The van der Waals surface area contributed by atoms with Crippen LogP contribution in [0.4, 0.5) is 10.7 Å². The molecule has 0 radical (unpaired) electrons. The number of aliphatic carboxylic acids is 1. The number of ether oxygens (including phenoxy) is 1. The first-order valence-corrected chi connectivity index (χ1v) is 6.26. The Kier molecular flexibility index (Phi) is 4.18. The van der Waals surface area contributed by atoms with Gasteiger partial charge in [0.1, 0.15) is 12.2 Å². The van der Waals surface area contributed by atoms with Gasteiger partial charge in [0.15, 0.2) is 0 Å². The third-order valence-corrected chi connectivity index (χ3v) is 3.30. The lowest BCUT2D eigenvalue weighted by Crippen LogP contribution is -2.48. The number of likely N-dealkylation sites (N-methyl/N-ethyl adjacent to an activating group) is 1. The molecule has 0 bridgehead atoms. The smallest absolute Gasteiger partial charge is 0.324 e. The number of aromatic nitrogens is 3. The van der Waals surface area contributed by atoms with Crippen LogP contribution in [0.5, 0.6) is 0 Å². The maximum Gasteiger partial charge on any atom is 0.324 e. The first-order chi connectivity index (χ1) is 9.54. The fraction of sp³-hybridized carbons (Fsp3) is 0.636. The molecule has 0 spiro atoms. The highest BCUT2D eigenvalue weighted by Gasteiger charge is 2.39. The van der Waals surface area contributed by atoms with Crippen molar-refractivity contribution in [1.82, 2.24) is 19.7 Å². The van der Waals surface area contributed by atoms with Crippen molar-refractivity contribution in [3.05, 3.63) is 6.33 Å². The van der Waals surface area contributed by atoms with Crippen molar-refractivity contribution in [2.24, 2.45) is 13.0 Å². The summed E-state index contributed by atoms with van der Waals surface area (Å²) in [5.41, 5.74) is 0. The van der Waals surface area contributed by atoms with Crippen molar-refractivity contribution in [1.29, 1.82) is 0 Å². The Morgan fingerprint density at radius 3 is 2.90 bits per heavy atom. The van der Waals surface area contributed by atoms with Gasteiger partial charge < -0.3 is 14.7 Å². The first-order valence-electron chi connectivity index (χ1n) is 6.26. The lowest BCUT2D eigenvalue weighted by molar-refractivity contribution is -0.142. The topological polar surface area (TPSA) is 110 Å². The van der Waals surface area contributed by atoms with E-state index in [1.54, 1.807) is 14.0 Å². The van der Waals surface area contributed by atoms with Gasteiger partial charge in [-0.1, -0.05) is 0 Å². The largest absolute Gasteiger partial charge is 0.481 e. The zero-order valence-electron chi connectivity index (χ0n) is 11.3. The molecule has 0 saturated carbocycles. The first kappa shape index (κ1) is 14.3. The Balaban J connectivity index is 2.09. The van der Waals surface area contributed by atoms with Gasteiger partial charge in [0, 0.05) is 13.6 Å². The Morgan fingerprint density at radius 1 is 1.60 bits per heavy atom. The molecule has 2 atom stereocenters. The molecule has 9 nitrogen and oxygen atoms in total. The minimum Gasteiger partial charge on any atom is -0.481 e. The van der Waals surface area contributed by atoms with Gasteiger partial charge in [-0.05, 0) is 6.92 Å². The Labute approximate surface area is 115 Å². The molecule has 1 aliphatic heterocycles. The molecule has 1 aliphatic rings. The van der Waals surface area contributed by atoms with Crippen molar-refractivity contribution in [2.75, 3.05) is 25.1 Å². The highest BCUT2D eigenvalue weighted by Crippen LogP contribution is 2.20. The molecule has 0 aliphatic carbocycles. The third-order valence-electron chi connectivity index (χ3n) is 3.30. The molecule has 0 aromatic carbocycles. The van der Waals surface area contributed by atoms with Crippen LogP contribution < -0.4 is 5.32 Å². The number of aryl methyl sites for hydroxylation is 1. The van der Waals surface area contributed by atoms with Crippen molar-refractivity contribution < 1.29 is 19.4 Å². The molecule has 1 fully saturated rings. The van der Waals surface area contributed by atoms with Gasteiger partial charge >= 0.3 is 12.0 Å². The Bertz CT molecular complexity index is 503. The monoisotopic (exact) mass is 283 g/mol. The van der Waals surface area contributed by atoms with Crippen LogP contribution in [0.2, 0.25) is 0 Å². The van der Waals surface area contributed by atoms with Gasteiger partial charge in [0.2, 0.25) is 5.95 Å². The number of amides is 2. The van der Waals surface area contributed by atoms with Crippen molar-refractivity contribution in [3.8, 4) is 0 Å². The van der Waals surface area contributed by atoms with Gasteiger partial charge in [-0.3, -0.25) is 10.1 Å². The summed E-state index contributed by atoms with van der Waals surface area (Å²) in [5.74, 6) is -1.36. The summed E-state index contributed by atoms with van der Waals surface area (Å²) in [6.45, 7) is 2.50. The van der Waals surface area contributed by atoms with Gasteiger partial charge in [-0.25, -0.2) is 9.48 Å². The minimum atomic E-state index is -0.961.